The number of aromatic nitrogens is 1. The zero-order chi connectivity index (χ0) is 17.9. The fourth-order valence-corrected chi connectivity index (χ4v) is 3.69. The first-order chi connectivity index (χ1) is 12.0. The molecule has 7 heteroatoms. The SMILES string of the molecule is CC(c1ccncc1)N1CCC(NC(=O)N2CCC(F)(CO)C2)CC1. The molecule has 2 atom stereocenters. The minimum absolute atomic E-state index is 0.0206. The Bertz CT molecular complexity index is 580. The first-order valence-electron chi connectivity index (χ1n) is 9.00. The standard InChI is InChI=1S/C18H27FN4O2/c1-14(15-2-7-20-8-3-15)22-9-4-16(5-10-22)21-17(25)23-11-6-18(19,12-23)13-24/h2-3,7-8,14,16,24H,4-6,9-13H2,1H3,(H,21,25). The lowest BCUT2D eigenvalue weighted by molar-refractivity contribution is 0.0799. The third kappa shape index (κ3) is 4.27. The fourth-order valence-electron chi connectivity index (χ4n) is 3.69. The molecule has 0 bridgehead atoms. The Labute approximate surface area is 148 Å². The number of hydrogen-bond acceptors (Lipinski definition) is 4. The number of alkyl halides is 1. The molecule has 3 rings (SSSR count). The number of carbonyl (C=O) groups is 1. The average Bonchev–Trinajstić information content (AvgIpc) is 3.06. The zero-order valence-corrected chi connectivity index (χ0v) is 14.7. The van der Waals surface area contributed by atoms with Crippen LogP contribution in [0, 0.1) is 0 Å². The molecule has 0 aromatic carbocycles. The summed E-state index contributed by atoms with van der Waals surface area (Å²) < 4.78 is 14.0. The van der Waals surface area contributed by atoms with Gasteiger partial charge in [0.2, 0.25) is 0 Å². The van der Waals surface area contributed by atoms with Gasteiger partial charge in [-0.15, -0.1) is 0 Å². The number of urea groups is 1. The van der Waals surface area contributed by atoms with E-state index in [2.05, 4.69) is 22.1 Å². The van der Waals surface area contributed by atoms with E-state index >= 15 is 0 Å². The Balaban J connectivity index is 1.46. The van der Waals surface area contributed by atoms with E-state index < -0.39 is 12.3 Å². The lowest BCUT2D eigenvalue weighted by atomic mass is 10.0. The van der Waals surface area contributed by atoms with E-state index in [0.717, 1.165) is 25.9 Å². The smallest absolute Gasteiger partial charge is 0.317 e. The zero-order valence-electron chi connectivity index (χ0n) is 14.7. The summed E-state index contributed by atoms with van der Waals surface area (Å²) in [7, 11) is 0. The van der Waals surface area contributed by atoms with Crippen molar-refractivity contribution >= 4 is 6.03 Å². The predicted molar refractivity (Wildman–Crippen MR) is 92.9 cm³/mol. The highest BCUT2D eigenvalue weighted by molar-refractivity contribution is 5.75. The predicted octanol–water partition coefficient (Wildman–Crippen LogP) is 1.72. The normalized spacial score (nSPS) is 26.6. The number of halogens is 1. The van der Waals surface area contributed by atoms with Gasteiger partial charge >= 0.3 is 6.03 Å². The van der Waals surface area contributed by atoms with Gasteiger partial charge in [-0.1, -0.05) is 0 Å². The van der Waals surface area contributed by atoms with E-state index in [1.807, 2.05) is 24.5 Å². The Hall–Kier alpha value is -1.73. The summed E-state index contributed by atoms with van der Waals surface area (Å²) in [4.78, 5) is 20.2. The van der Waals surface area contributed by atoms with Gasteiger partial charge in [0.1, 0.15) is 0 Å². The van der Waals surface area contributed by atoms with Crippen LogP contribution in [0.1, 0.15) is 37.8 Å². The fraction of sp³-hybridized carbons (Fsp3) is 0.667. The number of piperidine rings is 1. The van der Waals surface area contributed by atoms with E-state index in [1.54, 1.807) is 0 Å². The molecule has 2 amide bonds. The van der Waals surface area contributed by atoms with Crippen LogP contribution in [-0.4, -0.2) is 70.4 Å². The number of nitrogens with zero attached hydrogens (tertiary/aromatic N) is 3. The van der Waals surface area contributed by atoms with E-state index in [-0.39, 0.29) is 25.0 Å². The van der Waals surface area contributed by atoms with E-state index in [0.29, 0.717) is 12.6 Å². The first kappa shape index (κ1) is 18.1. The Morgan fingerprint density at radius 2 is 2.08 bits per heavy atom. The highest BCUT2D eigenvalue weighted by Gasteiger charge is 2.40. The maximum absolute atomic E-state index is 14.0. The molecule has 0 aliphatic carbocycles. The number of aliphatic hydroxyl groups excluding tert-OH is 1. The highest BCUT2D eigenvalue weighted by Crippen LogP contribution is 2.26. The van der Waals surface area contributed by atoms with Crippen LogP contribution in [-0.2, 0) is 0 Å². The summed E-state index contributed by atoms with van der Waals surface area (Å²) >= 11 is 0. The highest BCUT2D eigenvalue weighted by atomic mass is 19.1. The molecule has 2 saturated heterocycles. The van der Waals surface area contributed by atoms with Crippen molar-refractivity contribution in [2.75, 3.05) is 32.8 Å². The van der Waals surface area contributed by atoms with Crippen LogP contribution >= 0.6 is 0 Å². The number of likely N-dealkylation sites (tertiary alicyclic amines) is 2. The van der Waals surface area contributed by atoms with Crippen molar-refractivity contribution in [2.24, 2.45) is 0 Å². The monoisotopic (exact) mass is 350 g/mol. The minimum Gasteiger partial charge on any atom is -0.393 e. The molecule has 1 aromatic heterocycles. The van der Waals surface area contributed by atoms with Crippen molar-refractivity contribution in [1.82, 2.24) is 20.1 Å². The van der Waals surface area contributed by atoms with Crippen molar-refractivity contribution in [3.8, 4) is 0 Å². The summed E-state index contributed by atoms with van der Waals surface area (Å²) in [5.41, 5.74) is -0.390. The third-order valence-corrected chi connectivity index (χ3v) is 5.47. The number of rotatable bonds is 4. The topological polar surface area (TPSA) is 68.7 Å². The third-order valence-electron chi connectivity index (χ3n) is 5.47. The molecular formula is C18H27FN4O2. The van der Waals surface area contributed by atoms with E-state index in [4.69, 9.17) is 5.11 Å². The molecule has 138 valence electrons. The van der Waals surface area contributed by atoms with Crippen molar-refractivity contribution in [3.05, 3.63) is 30.1 Å². The number of amides is 2. The number of hydrogen-bond donors (Lipinski definition) is 2. The number of nitrogens with one attached hydrogen (secondary N) is 1. The summed E-state index contributed by atoms with van der Waals surface area (Å²) in [6.07, 6.45) is 5.60. The van der Waals surface area contributed by atoms with Gasteiger partial charge in [-0.25, -0.2) is 9.18 Å². The van der Waals surface area contributed by atoms with Gasteiger partial charge < -0.3 is 15.3 Å². The Kier molecular flexibility index (Phi) is 5.54. The van der Waals surface area contributed by atoms with Crippen LogP contribution in [0.2, 0.25) is 0 Å². The number of aliphatic hydroxyl groups is 1. The lowest BCUT2D eigenvalue weighted by Gasteiger charge is -2.37. The summed E-state index contributed by atoms with van der Waals surface area (Å²) in [6, 6.07) is 4.31. The molecule has 0 radical (unpaired) electrons. The van der Waals surface area contributed by atoms with Gasteiger partial charge in [-0.2, -0.15) is 0 Å². The number of pyridine rings is 1. The van der Waals surface area contributed by atoms with Crippen molar-refractivity contribution < 1.29 is 14.3 Å². The van der Waals surface area contributed by atoms with Crippen molar-refractivity contribution in [1.29, 1.82) is 0 Å². The largest absolute Gasteiger partial charge is 0.393 e. The van der Waals surface area contributed by atoms with Crippen LogP contribution in [0.4, 0.5) is 9.18 Å². The molecule has 2 aliphatic rings. The van der Waals surface area contributed by atoms with Gasteiger partial charge in [-0.3, -0.25) is 9.88 Å². The molecule has 2 N–H and O–H groups in total. The molecule has 2 aliphatic heterocycles. The van der Waals surface area contributed by atoms with E-state index in [9.17, 15) is 9.18 Å². The summed E-state index contributed by atoms with van der Waals surface area (Å²) in [5.74, 6) is 0. The van der Waals surface area contributed by atoms with Crippen LogP contribution in [0.5, 0.6) is 0 Å². The Morgan fingerprint density at radius 1 is 1.40 bits per heavy atom. The summed E-state index contributed by atoms with van der Waals surface area (Å²) in [5, 5.41) is 12.1. The second-order valence-electron chi connectivity index (χ2n) is 7.20. The molecule has 6 nitrogen and oxygen atoms in total. The van der Waals surface area contributed by atoms with Crippen LogP contribution in [0.25, 0.3) is 0 Å². The maximum atomic E-state index is 14.0. The molecule has 0 spiro atoms. The quantitative estimate of drug-likeness (QED) is 0.868. The molecule has 0 saturated carbocycles. The molecule has 3 heterocycles. The van der Waals surface area contributed by atoms with Crippen LogP contribution < -0.4 is 5.32 Å². The molecule has 2 fully saturated rings. The lowest BCUT2D eigenvalue weighted by Crippen LogP contribution is -2.49. The second kappa shape index (κ2) is 7.66. The van der Waals surface area contributed by atoms with Crippen molar-refractivity contribution in [2.45, 2.75) is 43.9 Å². The van der Waals surface area contributed by atoms with E-state index in [1.165, 1.54) is 10.5 Å². The van der Waals surface area contributed by atoms with Crippen molar-refractivity contribution in [3.63, 3.8) is 0 Å². The van der Waals surface area contributed by atoms with Crippen LogP contribution in [0.15, 0.2) is 24.5 Å². The first-order valence-corrected chi connectivity index (χ1v) is 9.00. The Morgan fingerprint density at radius 3 is 2.68 bits per heavy atom. The van der Waals surface area contributed by atoms with Crippen LogP contribution in [0.3, 0.4) is 0 Å². The molecular weight excluding hydrogens is 323 g/mol. The average molecular weight is 350 g/mol. The second-order valence-corrected chi connectivity index (χ2v) is 7.20. The maximum Gasteiger partial charge on any atom is 0.317 e. The van der Waals surface area contributed by atoms with Gasteiger partial charge in [0.05, 0.1) is 13.2 Å². The molecule has 25 heavy (non-hydrogen) atoms. The molecule has 1 aromatic rings. The van der Waals surface area contributed by atoms with Gasteiger partial charge in [-0.05, 0) is 37.5 Å². The minimum atomic E-state index is -1.64. The number of carbonyl (C=O) groups excluding carboxylic acids is 1. The molecule has 2 unspecified atom stereocenters. The van der Waals surface area contributed by atoms with Gasteiger partial charge in [0, 0.05) is 50.5 Å². The van der Waals surface area contributed by atoms with Gasteiger partial charge in [0.15, 0.2) is 5.67 Å². The van der Waals surface area contributed by atoms with Gasteiger partial charge in [0.25, 0.3) is 0 Å². The summed E-state index contributed by atoms with van der Waals surface area (Å²) in [6.45, 7) is 3.83.